The van der Waals surface area contributed by atoms with E-state index in [0.29, 0.717) is 11.4 Å². The van der Waals surface area contributed by atoms with Gasteiger partial charge in [-0.25, -0.2) is 13.8 Å². The molecule has 0 unspecified atom stereocenters. The summed E-state index contributed by atoms with van der Waals surface area (Å²) in [4.78, 5) is 12.9. The molecule has 8 heteroatoms. The largest absolute Gasteiger partial charge is 0.271 e. The first kappa shape index (κ1) is 24.9. The van der Waals surface area contributed by atoms with Crippen LogP contribution in [0.5, 0.6) is 0 Å². The van der Waals surface area contributed by atoms with Crippen LogP contribution >= 0.6 is 22.6 Å². The van der Waals surface area contributed by atoms with Gasteiger partial charge < -0.3 is 0 Å². The molecule has 0 atom stereocenters. The lowest BCUT2D eigenvalue weighted by Gasteiger charge is -2.25. The molecule has 3 rings (SSSR count). The number of hydrogen-bond donors (Lipinski definition) is 1. The van der Waals surface area contributed by atoms with Crippen LogP contribution in [0.25, 0.3) is 0 Å². The van der Waals surface area contributed by atoms with Gasteiger partial charge >= 0.3 is 0 Å². The minimum absolute atomic E-state index is 0.124. The monoisotopic (exact) mass is 575 g/mol. The third kappa shape index (κ3) is 6.20. The number of carbonyl (C=O) groups is 1. The van der Waals surface area contributed by atoms with Crippen LogP contribution in [0.15, 0.2) is 76.7 Å². The van der Waals surface area contributed by atoms with Gasteiger partial charge in [0.1, 0.15) is 6.54 Å². The summed E-state index contributed by atoms with van der Waals surface area (Å²) in [5, 5.41) is 4.17. The maximum atomic E-state index is 13.5. The number of halogens is 1. The predicted molar refractivity (Wildman–Crippen MR) is 141 cm³/mol. The Hall–Kier alpha value is -2.72. The number of nitrogens with one attached hydrogen (secondary N) is 1. The van der Waals surface area contributed by atoms with Crippen molar-refractivity contribution in [3.05, 3.63) is 92.6 Å². The summed E-state index contributed by atoms with van der Waals surface area (Å²) in [7, 11) is -3.97. The highest BCUT2D eigenvalue weighted by Gasteiger charge is 2.28. The second-order valence-corrected chi connectivity index (χ2v) is 11.0. The smallest absolute Gasteiger partial charge is 0.264 e. The van der Waals surface area contributed by atoms with Crippen molar-refractivity contribution in [2.24, 2.45) is 5.10 Å². The molecule has 0 spiro atoms. The number of nitrogens with zero attached hydrogens (tertiary/aromatic N) is 2. The Kier molecular flexibility index (Phi) is 7.91. The molecule has 0 heterocycles. The van der Waals surface area contributed by atoms with Crippen molar-refractivity contribution in [2.75, 3.05) is 10.8 Å². The lowest BCUT2D eigenvalue weighted by atomic mass is 10.1. The summed E-state index contributed by atoms with van der Waals surface area (Å²) in [5.74, 6) is -0.532. The van der Waals surface area contributed by atoms with Gasteiger partial charge in [-0.2, -0.15) is 5.10 Å². The molecule has 0 bridgehead atoms. The SMILES string of the molecule is C/C(=N\NC(=O)CN(c1ccc(C)cc1C)S(=O)(=O)c1ccc(C)cc1)c1ccc(I)cc1. The van der Waals surface area contributed by atoms with Crippen LogP contribution in [-0.4, -0.2) is 26.6 Å². The maximum absolute atomic E-state index is 13.5. The molecule has 1 N–H and O–H groups in total. The van der Waals surface area contributed by atoms with Crippen molar-refractivity contribution in [3.8, 4) is 0 Å². The van der Waals surface area contributed by atoms with Crippen molar-refractivity contribution in [3.63, 3.8) is 0 Å². The van der Waals surface area contributed by atoms with Gasteiger partial charge in [0.2, 0.25) is 0 Å². The fourth-order valence-corrected chi connectivity index (χ4v) is 5.14. The van der Waals surface area contributed by atoms with Gasteiger partial charge in [-0.1, -0.05) is 47.5 Å². The minimum Gasteiger partial charge on any atom is -0.271 e. The van der Waals surface area contributed by atoms with E-state index in [2.05, 4.69) is 33.1 Å². The summed E-state index contributed by atoms with van der Waals surface area (Å²) in [5.41, 5.74) is 7.16. The first-order valence-corrected chi connectivity index (χ1v) is 12.9. The Labute approximate surface area is 208 Å². The molecule has 172 valence electrons. The highest BCUT2D eigenvalue weighted by atomic mass is 127. The Morgan fingerprint density at radius 1 is 0.939 bits per heavy atom. The topological polar surface area (TPSA) is 78.8 Å². The van der Waals surface area contributed by atoms with Gasteiger partial charge in [0.05, 0.1) is 16.3 Å². The summed E-state index contributed by atoms with van der Waals surface area (Å²) in [6, 6.07) is 19.8. The zero-order chi connectivity index (χ0) is 24.2. The van der Waals surface area contributed by atoms with Gasteiger partial charge in [-0.05, 0) is 91.7 Å². The van der Waals surface area contributed by atoms with E-state index < -0.39 is 22.5 Å². The quantitative estimate of drug-likeness (QED) is 0.246. The molecule has 0 fully saturated rings. The molecule has 0 saturated heterocycles. The first-order valence-electron chi connectivity index (χ1n) is 10.3. The molecule has 3 aromatic rings. The minimum atomic E-state index is -3.97. The number of carbonyl (C=O) groups excluding carboxylic acids is 1. The van der Waals surface area contributed by atoms with Crippen LogP contribution in [0.3, 0.4) is 0 Å². The maximum Gasteiger partial charge on any atom is 0.264 e. The van der Waals surface area contributed by atoms with Crippen LogP contribution < -0.4 is 9.73 Å². The molecular formula is C25H26IN3O3S. The molecular weight excluding hydrogens is 549 g/mol. The van der Waals surface area contributed by atoms with E-state index in [0.717, 1.165) is 30.1 Å². The van der Waals surface area contributed by atoms with Crippen LogP contribution in [0, 0.1) is 24.3 Å². The number of anilines is 1. The summed E-state index contributed by atoms with van der Waals surface area (Å²) in [6.07, 6.45) is 0. The lowest BCUT2D eigenvalue weighted by molar-refractivity contribution is -0.119. The highest BCUT2D eigenvalue weighted by molar-refractivity contribution is 14.1. The molecule has 0 saturated carbocycles. The number of amides is 1. The van der Waals surface area contributed by atoms with E-state index in [9.17, 15) is 13.2 Å². The number of sulfonamides is 1. The normalized spacial score (nSPS) is 11.8. The number of benzene rings is 3. The zero-order valence-corrected chi connectivity index (χ0v) is 21.9. The Bertz CT molecular complexity index is 1290. The summed E-state index contributed by atoms with van der Waals surface area (Å²) in [6.45, 7) is 7.04. The van der Waals surface area contributed by atoms with Crippen molar-refractivity contribution in [1.29, 1.82) is 0 Å². The molecule has 3 aromatic carbocycles. The third-order valence-electron chi connectivity index (χ3n) is 5.13. The summed E-state index contributed by atoms with van der Waals surface area (Å²) < 4.78 is 29.3. The molecule has 6 nitrogen and oxygen atoms in total. The Morgan fingerprint density at radius 3 is 2.15 bits per heavy atom. The fraction of sp³-hybridized carbons (Fsp3) is 0.200. The van der Waals surface area contributed by atoms with Crippen molar-refractivity contribution < 1.29 is 13.2 Å². The lowest BCUT2D eigenvalue weighted by Crippen LogP contribution is -2.40. The molecule has 0 radical (unpaired) electrons. The highest BCUT2D eigenvalue weighted by Crippen LogP contribution is 2.27. The second-order valence-electron chi connectivity index (χ2n) is 7.85. The second kappa shape index (κ2) is 10.5. The van der Waals surface area contributed by atoms with Crippen LogP contribution in [0.2, 0.25) is 0 Å². The van der Waals surface area contributed by atoms with E-state index in [4.69, 9.17) is 0 Å². The van der Waals surface area contributed by atoms with Crippen molar-refractivity contribution in [2.45, 2.75) is 32.6 Å². The van der Waals surface area contributed by atoms with Crippen LogP contribution in [-0.2, 0) is 14.8 Å². The molecule has 0 aromatic heterocycles. The van der Waals surface area contributed by atoms with Crippen LogP contribution in [0.4, 0.5) is 5.69 Å². The number of rotatable bonds is 7. The van der Waals surface area contributed by atoms with Gasteiger partial charge in [0.25, 0.3) is 15.9 Å². The molecule has 0 aliphatic rings. The third-order valence-corrected chi connectivity index (χ3v) is 7.62. The van der Waals surface area contributed by atoms with Crippen LogP contribution in [0.1, 0.15) is 29.2 Å². The Morgan fingerprint density at radius 2 is 1.55 bits per heavy atom. The van der Waals surface area contributed by atoms with Gasteiger partial charge in [0, 0.05) is 3.57 Å². The fourth-order valence-electron chi connectivity index (χ4n) is 3.29. The average molecular weight is 575 g/mol. The first-order chi connectivity index (χ1) is 15.6. The molecule has 33 heavy (non-hydrogen) atoms. The van der Waals surface area contributed by atoms with E-state index in [1.54, 1.807) is 37.3 Å². The molecule has 0 aliphatic heterocycles. The number of hydrogen-bond acceptors (Lipinski definition) is 4. The van der Waals surface area contributed by atoms with Gasteiger partial charge in [0.15, 0.2) is 0 Å². The molecule has 1 amide bonds. The van der Waals surface area contributed by atoms with Gasteiger partial charge in [-0.15, -0.1) is 0 Å². The zero-order valence-electron chi connectivity index (χ0n) is 19.0. The number of hydrazone groups is 1. The van der Waals surface area contributed by atoms with E-state index in [1.807, 2.05) is 57.2 Å². The van der Waals surface area contributed by atoms with Gasteiger partial charge in [-0.3, -0.25) is 9.10 Å². The van der Waals surface area contributed by atoms with E-state index >= 15 is 0 Å². The summed E-state index contributed by atoms with van der Waals surface area (Å²) >= 11 is 2.22. The van der Waals surface area contributed by atoms with Crippen molar-refractivity contribution in [1.82, 2.24) is 5.43 Å². The van der Waals surface area contributed by atoms with E-state index in [-0.39, 0.29) is 4.90 Å². The Balaban J connectivity index is 1.91. The van der Waals surface area contributed by atoms with Crippen molar-refractivity contribution >= 4 is 49.9 Å². The molecule has 0 aliphatic carbocycles. The number of aryl methyl sites for hydroxylation is 3. The average Bonchev–Trinajstić information content (AvgIpc) is 2.77. The predicted octanol–water partition coefficient (Wildman–Crippen LogP) is 4.95. The standard InChI is InChI=1S/C25H26IN3O3S/c1-17-5-12-23(13-6-17)33(31,32)29(24-14-7-18(2)15-19(24)3)16-25(30)28-27-20(4)21-8-10-22(26)11-9-21/h5-15H,16H2,1-4H3,(H,28,30)/b27-20+. The van der Waals surface area contributed by atoms with E-state index in [1.165, 1.54) is 0 Å².